The quantitative estimate of drug-likeness (QED) is 0.354. The van der Waals surface area contributed by atoms with E-state index < -0.39 is 35.1 Å². The molecule has 0 aliphatic rings. The van der Waals surface area contributed by atoms with E-state index in [1.165, 1.54) is 6.92 Å². The Labute approximate surface area is 212 Å². The zero-order valence-corrected chi connectivity index (χ0v) is 21.4. The third-order valence-corrected chi connectivity index (χ3v) is 5.50. The summed E-state index contributed by atoms with van der Waals surface area (Å²) >= 11 is 0. The number of amides is 1. The molecule has 0 aliphatic carbocycles. The molecule has 6 nitrogen and oxygen atoms in total. The number of rotatable bonds is 8. The number of hydrogen-bond acceptors (Lipinski definition) is 5. The standard InChI is InChI=1S/C30H33NO5/c1-21-16-18-23(19-17-21)20-30(31-22(2)32,28(34)36-29(3,4)5)27(33)35-26(24-12-8-6-9-13-24)25-14-10-7-11-15-25/h6-19,26H,20H2,1-5H3,(H,31,32). The molecule has 3 rings (SSSR count). The van der Waals surface area contributed by atoms with Gasteiger partial charge in [-0.25, -0.2) is 9.59 Å². The number of carbonyl (C=O) groups is 3. The van der Waals surface area contributed by atoms with Gasteiger partial charge < -0.3 is 14.8 Å². The van der Waals surface area contributed by atoms with Gasteiger partial charge in [0.1, 0.15) is 5.60 Å². The molecule has 6 heteroatoms. The van der Waals surface area contributed by atoms with Crippen LogP contribution in [-0.4, -0.2) is 29.0 Å². The summed E-state index contributed by atoms with van der Waals surface area (Å²) in [7, 11) is 0. The van der Waals surface area contributed by atoms with E-state index in [0.29, 0.717) is 5.56 Å². The largest absolute Gasteiger partial charge is 0.458 e. The van der Waals surface area contributed by atoms with Crippen molar-refractivity contribution in [3.63, 3.8) is 0 Å². The number of esters is 2. The predicted octanol–water partition coefficient (Wildman–Crippen LogP) is 5.09. The molecule has 188 valence electrons. The topological polar surface area (TPSA) is 81.7 Å². The molecule has 0 aliphatic heterocycles. The number of aryl methyl sites for hydroxylation is 1. The van der Waals surface area contributed by atoms with Crippen molar-refractivity contribution < 1.29 is 23.9 Å². The van der Waals surface area contributed by atoms with E-state index in [-0.39, 0.29) is 6.42 Å². The van der Waals surface area contributed by atoms with Crippen molar-refractivity contribution in [1.29, 1.82) is 0 Å². The van der Waals surface area contributed by atoms with Gasteiger partial charge in [0, 0.05) is 13.3 Å². The maximum atomic E-state index is 14.0. The number of ether oxygens (including phenoxy) is 2. The fourth-order valence-corrected chi connectivity index (χ4v) is 3.84. The van der Waals surface area contributed by atoms with Gasteiger partial charge >= 0.3 is 11.9 Å². The summed E-state index contributed by atoms with van der Waals surface area (Å²) in [4.78, 5) is 40.0. The summed E-state index contributed by atoms with van der Waals surface area (Å²) in [6.07, 6.45) is -0.926. The number of benzene rings is 3. The second-order valence-electron chi connectivity index (χ2n) is 9.86. The Bertz CT molecular complexity index is 1140. The highest BCUT2D eigenvalue weighted by Gasteiger charge is 2.52. The molecule has 0 saturated carbocycles. The van der Waals surface area contributed by atoms with E-state index in [2.05, 4.69) is 5.32 Å². The normalized spacial score (nSPS) is 12.9. The van der Waals surface area contributed by atoms with Gasteiger partial charge in [0.25, 0.3) is 0 Å². The lowest BCUT2D eigenvalue weighted by molar-refractivity contribution is -0.177. The molecule has 0 fully saturated rings. The molecule has 1 unspecified atom stereocenters. The Kier molecular flexibility index (Phi) is 8.30. The van der Waals surface area contributed by atoms with Crippen LogP contribution in [-0.2, 0) is 30.3 Å². The van der Waals surface area contributed by atoms with E-state index in [1.807, 2.05) is 91.9 Å². The van der Waals surface area contributed by atoms with Crippen molar-refractivity contribution in [2.24, 2.45) is 0 Å². The van der Waals surface area contributed by atoms with Gasteiger partial charge in [-0.2, -0.15) is 0 Å². The Morgan fingerprint density at radius 3 is 1.72 bits per heavy atom. The summed E-state index contributed by atoms with van der Waals surface area (Å²) in [5, 5.41) is 2.60. The summed E-state index contributed by atoms with van der Waals surface area (Å²) < 4.78 is 11.7. The van der Waals surface area contributed by atoms with Crippen molar-refractivity contribution in [2.75, 3.05) is 0 Å². The number of hydrogen-bond donors (Lipinski definition) is 1. The maximum absolute atomic E-state index is 14.0. The minimum absolute atomic E-state index is 0.128. The van der Waals surface area contributed by atoms with Crippen LogP contribution in [0.15, 0.2) is 84.9 Å². The molecule has 1 amide bonds. The first-order valence-corrected chi connectivity index (χ1v) is 11.9. The zero-order valence-electron chi connectivity index (χ0n) is 21.4. The third-order valence-electron chi connectivity index (χ3n) is 5.50. The lowest BCUT2D eigenvalue weighted by Crippen LogP contribution is -2.63. The lowest BCUT2D eigenvalue weighted by Gasteiger charge is -2.34. The monoisotopic (exact) mass is 487 g/mol. The van der Waals surface area contributed by atoms with E-state index >= 15 is 0 Å². The minimum atomic E-state index is -2.09. The Balaban J connectivity index is 2.10. The fourth-order valence-electron chi connectivity index (χ4n) is 3.84. The summed E-state index contributed by atoms with van der Waals surface area (Å²) in [5.74, 6) is -2.33. The Morgan fingerprint density at radius 1 is 0.778 bits per heavy atom. The highest BCUT2D eigenvalue weighted by atomic mass is 16.6. The average molecular weight is 488 g/mol. The molecule has 36 heavy (non-hydrogen) atoms. The van der Waals surface area contributed by atoms with E-state index in [0.717, 1.165) is 16.7 Å². The summed E-state index contributed by atoms with van der Waals surface area (Å²) in [6, 6.07) is 25.9. The van der Waals surface area contributed by atoms with E-state index in [4.69, 9.17) is 9.47 Å². The van der Waals surface area contributed by atoms with Crippen LogP contribution < -0.4 is 5.32 Å². The van der Waals surface area contributed by atoms with Crippen LogP contribution in [0.4, 0.5) is 0 Å². The molecular weight excluding hydrogens is 454 g/mol. The molecule has 0 aromatic heterocycles. The van der Waals surface area contributed by atoms with Crippen LogP contribution in [0.1, 0.15) is 56.1 Å². The maximum Gasteiger partial charge on any atom is 0.345 e. The molecule has 1 atom stereocenters. The first-order chi connectivity index (χ1) is 17.0. The zero-order chi connectivity index (χ0) is 26.3. The van der Waals surface area contributed by atoms with Crippen molar-refractivity contribution in [1.82, 2.24) is 5.32 Å². The van der Waals surface area contributed by atoms with Crippen LogP contribution in [0.2, 0.25) is 0 Å². The lowest BCUT2D eigenvalue weighted by atomic mass is 9.89. The molecule has 3 aromatic rings. The molecular formula is C30H33NO5. The first-order valence-electron chi connectivity index (χ1n) is 11.9. The molecule has 3 aromatic carbocycles. The van der Waals surface area contributed by atoms with Gasteiger partial charge in [-0.3, -0.25) is 4.79 Å². The van der Waals surface area contributed by atoms with Gasteiger partial charge in [-0.05, 0) is 44.4 Å². The van der Waals surface area contributed by atoms with Crippen molar-refractivity contribution in [3.05, 3.63) is 107 Å². The second kappa shape index (κ2) is 11.2. The van der Waals surface area contributed by atoms with Gasteiger partial charge in [-0.1, -0.05) is 90.5 Å². The Morgan fingerprint density at radius 2 is 1.28 bits per heavy atom. The molecule has 0 bridgehead atoms. The van der Waals surface area contributed by atoms with Gasteiger partial charge in [0.15, 0.2) is 6.10 Å². The van der Waals surface area contributed by atoms with E-state index in [9.17, 15) is 14.4 Å². The minimum Gasteiger partial charge on any atom is -0.458 e. The van der Waals surface area contributed by atoms with Gasteiger partial charge in [0.2, 0.25) is 11.4 Å². The van der Waals surface area contributed by atoms with Crippen molar-refractivity contribution in [3.8, 4) is 0 Å². The summed E-state index contributed by atoms with van der Waals surface area (Å²) in [5.41, 5.74) is 0.176. The second-order valence-corrected chi connectivity index (χ2v) is 9.86. The molecule has 0 radical (unpaired) electrons. The highest BCUT2D eigenvalue weighted by Crippen LogP contribution is 2.30. The number of nitrogens with one attached hydrogen (secondary N) is 1. The van der Waals surface area contributed by atoms with Crippen LogP contribution in [0.5, 0.6) is 0 Å². The fraction of sp³-hybridized carbons (Fsp3) is 0.300. The third kappa shape index (κ3) is 6.81. The van der Waals surface area contributed by atoms with Crippen LogP contribution >= 0.6 is 0 Å². The van der Waals surface area contributed by atoms with Gasteiger partial charge in [0.05, 0.1) is 0 Å². The average Bonchev–Trinajstić information content (AvgIpc) is 2.83. The SMILES string of the molecule is CC(=O)NC(Cc1ccc(C)cc1)(C(=O)OC(c1ccccc1)c1ccccc1)C(=O)OC(C)(C)C. The van der Waals surface area contributed by atoms with Gasteiger partial charge in [-0.15, -0.1) is 0 Å². The smallest absolute Gasteiger partial charge is 0.345 e. The van der Waals surface area contributed by atoms with Crippen LogP contribution in [0.25, 0.3) is 0 Å². The first kappa shape index (κ1) is 26.7. The molecule has 0 heterocycles. The molecule has 0 spiro atoms. The highest BCUT2D eigenvalue weighted by molar-refractivity contribution is 6.08. The Hall–Kier alpha value is -3.93. The molecule has 1 N–H and O–H groups in total. The predicted molar refractivity (Wildman–Crippen MR) is 138 cm³/mol. The van der Waals surface area contributed by atoms with Crippen molar-refractivity contribution >= 4 is 17.8 Å². The van der Waals surface area contributed by atoms with Crippen LogP contribution in [0, 0.1) is 6.92 Å². The molecule has 0 saturated heterocycles. The van der Waals surface area contributed by atoms with Crippen LogP contribution in [0.3, 0.4) is 0 Å². The summed E-state index contributed by atoms with van der Waals surface area (Å²) in [6.45, 7) is 8.32. The van der Waals surface area contributed by atoms with Crippen molar-refractivity contribution in [2.45, 2.75) is 58.3 Å². The number of carbonyl (C=O) groups excluding carboxylic acids is 3. The van der Waals surface area contributed by atoms with E-state index in [1.54, 1.807) is 20.8 Å².